The van der Waals surface area contributed by atoms with Gasteiger partial charge >= 0.3 is 0 Å². The van der Waals surface area contributed by atoms with Crippen LogP contribution in [-0.4, -0.2) is 26.6 Å². The molecule has 0 radical (unpaired) electrons. The van der Waals surface area contributed by atoms with Crippen LogP contribution in [0.15, 0.2) is 48.5 Å². The van der Waals surface area contributed by atoms with Crippen molar-refractivity contribution in [3.05, 3.63) is 65.5 Å². The second-order valence-electron chi connectivity index (χ2n) is 6.87. The van der Waals surface area contributed by atoms with Crippen molar-refractivity contribution in [2.45, 2.75) is 38.3 Å². The van der Waals surface area contributed by atoms with Crippen LogP contribution in [0.2, 0.25) is 0 Å². The Morgan fingerprint density at radius 3 is 2.33 bits per heavy atom. The Hall–Kier alpha value is -2.41. The second-order valence-corrected chi connectivity index (χ2v) is 8.78. The summed E-state index contributed by atoms with van der Waals surface area (Å²) >= 11 is 0. The zero-order chi connectivity index (χ0) is 19.4. The summed E-state index contributed by atoms with van der Waals surface area (Å²) in [5.41, 5.74) is 1.20. The van der Waals surface area contributed by atoms with Crippen LogP contribution in [0.4, 0.5) is 10.1 Å². The lowest BCUT2D eigenvalue weighted by molar-refractivity contribution is 0.0938. The largest absolute Gasteiger partial charge is 0.349 e. The van der Waals surface area contributed by atoms with Gasteiger partial charge in [-0.15, -0.1) is 0 Å². The van der Waals surface area contributed by atoms with Crippen LogP contribution in [0.1, 0.15) is 41.6 Å². The Balaban J connectivity index is 1.75. The number of amides is 1. The van der Waals surface area contributed by atoms with E-state index in [1.165, 1.54) is 18.2 Å². The van der Waals surface area contributed by atoms with Gasteiger partial charge in [-0.05, 0) is 42.7 Å². The molecule has 1 aliphatic carbocycles. The minimum atomic E-state index is -3.67. The van der Waals surface area contributed by atoms with E-state index in [-0.39, 0.29) is 24.2 Å². The molecule has 0 atom stereocenters. The molecule has 1 saturated carbocycles. The molecule has 2 aromatic carbocycles. The molecule has 2 aromatic rings. The molecule has 5 nitrogen and oxygen atoms in total. The molecular weight excluding hydrogens is 367 g/mol. The molecule has 7 heteroatoms. The van der Waals surface area contributed by atoms with E-state index in [1.807, 2.05) is 0 Å². The molecule has 0 unspecified atom stereocenters. The Kier molecular flexibility index (Phi) is 5.79. The molecule has 1 aliphatic rings. The summed E-state index contributed by atoms with van der Waals surface area (Å²) in [6, 6.07) is 12.7. The number of sulfonamides is 1. The Bertz CT molecular complexity index is 907. The van der Waals surface area contributed by atoms with E-state index in [9.17, 15) is 17.6 Å². The zero-order valence-corrected chi connectivity index (χ0v) is 16.0. The third-order valence-corrected chi connectivity index (χ3v) is 5.88. The van der Waals surface area contributed by atoms with E-state index in [4.69, 9.17) is 0 Å². The van der Waals surface area contributed by atoms with Crippen molar-refractivity contribution in [3.63, 3.8) is 0 Å². The van der Waals surface area contributed by atoms with Crippen molar-refractivity contribution in [1.29, 1.82) is 0 Å². The molecule has 1 fully saturated rings. The predicted octanol–water partition coefficient (Wildman–Crippen LogP) is 3.46. The first-order chi connectivity index (χ1) is 12.8. The first kappa shape index (κ1) is 19.4. The lowest BCUT2D eigenvalue weighted by Crippen LogP contribution is -2.32. The first-order valence-corrected chi connectivity index (χ1v) is 10.8. The monoisotopic (exact) mass is 390 g/mol. The maximum atomic E-state index is 14.1. The maximum absolute atomic E-state index is 14.1. The first-order valence-electron chi connectivity index (χ1n) is 8.96. The minimum Gasteiger partial charge on any atom is -0.349 e. The van der Waals surface area contributed by atoms with Gasteiger partial charge in [0.05, 0.1) is 18.5 Å². The fourth-order valence-electron chi connectivity index (χ4n) is 3.30. The number of benzene rings is 2. The van der Waals surface area contributed by atoms with Crippen LogP contribution in [-0.2, 0) is 16.6 Å². The van der Waals surface area contributed by atoms with E-state index in [2.05, 4.69) is 5.32 Å². The van der Waals surface area contributed by atoms with Crippen LogP contribution in [0.3, 0.4) is 0 Å². The number of nitrogens with zero attached hydrogens (tertiary/aromatic N) is 1. The van der Waals surface area contributed by atoms with Gasteiger partial charge in [-0.25, -0.2) is 12.8 Å². The standard InChI is InChI=1S/C20H23FN2O3S/c1-27(25,26)23(19-9-5-4-8-18(19)21)14-15-10-12-16(13-11-15)20(24)22-17-6-2-3-7-17/h4-5,8-13,17H,2-3,6-7,14H2,1H3,(H,22,24). The highest BCUT2D eigenvalue weighted by Gasteiger charge is 2.21. The lowest BCUT2D eigenvalue weighted by atomic mass is 10.1. The number of hydrogen-bond acceptors (Lipinski definition) is 3. The van der Waals surface area contributed by atoms with Crippen molar-refractivity contribution in [3.8, 4) is 0 Å². The van der Waals surface area contributed by atoms with E-state index < -0.39 is 15.8 Å². The number of rotatable bonds is 6. The molecule has 0 aromatic heterocycles. The van der Waals surface area contributed by atoms with Gasteiger partial charge < -0.3 is 5.32 Å². The predicted molar refractivity (Wildman–Crippen MR) is 104 cm³/mol. The summed E-state index contributed by atoms with van der Waals surface area (Å²) in [5, 5.41) is 3.02. The zero-order valence-electron chi connectivity index (χ0n) is 15.2. The highest BCUT2D eigenvalue weighted by atomic mass is 32.2. The summed E-state index contributed by atoms with van der Waals surface area (Å²) < 4.78 is 39.4. The Labute approximate surface area is 159 Å². The van der Waals surface area contributed by atoms with E-state index in [1.54, 1.807) is 30.3 Å². The fourth-order valence-corrected chi connectivity index (χ4v) is 4.19. The number of halogens is 1. The molecule has 0 saturated heterocycles. The number of para-hydroxylation sites is 1. The number of nitrogens with one attached hydrogen (secondary N) is 1. The topological polar surface area (TPSA) is 66.5 Å². The van der Waals surface area contributed by atoms with Gasteiger partial charge in [-0.1, -0.05) is 37.1 Å². The smallest absolute Gasteiger partial charge is 0.251 e. The minimum absolute atomic E-state index is 0.00283. The number of carbonyl (C=O) groups is 1. The van der Waals surface area contributed by atoms with Crippen molar-refractivity contribution >= 4 is 21.6 Å². The summed E-state index contributed by atoms with van der Waals surface area (Å²) in [7, 11) is -3.67. The number of carbonyl (C=O) groups excluding carboxylic acids is 1. The third-order valence-electron chi connectivity index (χ3n) is 4.75. The second kappa shape index (κ2) is 8.08. The molecule has 1 amide bonds. The third kappa shape index (κ3) is 4.86. The highest BCUT2D eigenvalue weighted by molar-refractivity contribution is 7.92. The molecular formula is C20H23FN2O3S. The molecule has 0 heterocycles. The molecule has 0 aliphatic heterocycles. The SMILES string of the molecule is CS(=O)(=O)N(Cc1ccc(C(=O)NC2CCCC2)cc1)c1ccccc1F. The van der Waals surface area contributed by atoms with Gasteiger partial charge in [-0.3, -0.25) is 9.10 Å². The van der Waals surface area contributed by atoms with E-state index in [0.717, 1.165) is 36.2 Å². The van der Waals surface area contributed by atoms with Crippen LogP contribution in [0.25, 0.3) is 0 Å². The van der Waals surface area contributed by atoms with Crippen molar-refractivity contribution in [1.82, 2.24) is 5.32 Å². The van der Waals surface area contributed by atoms with Gasteiger partial charge in [0.15, 0.2) is 0 Å². The number of hydrogen-bond donors (Lipinski definition) is 1. The number of anilines is 1. The van der Waals surface area contributed by atoms with Gasteiger partial charge in [0, 0.05) is 11.6 Å². The van der Waals surface area contributed by atoms with E-state index >= 15 is 0 Å². The Morgan fingerprint density at radius 1 is 1.11 bits per heavy atom. The van der Waals surface area contributed by atoms with Crippen LogP contribution >= 0.6 is 0 Å². The van der Waals surface area contributed by atoms with Crippen LogP contribution in [0.5, 0.6) is 0 Å². The maximum Gasteiger partial charge on any atom is 0.251 e. The molecule has 27 heavy (non-hydrogen) atoms. The van der Waals surface area contributed by atoms with Crippen LogP contribution in [0, 0.1) is 5.82 Å². The molecule has 0 bridgehead atoms. The molecule has 0 spiro atoms. The summed E-state index contributed by atoms with van der Waals surface area (Å²) in [5.74, 6) is -0.724. The summed E-state index contributed by atoms with van der Waals surface area (Å²) in [6.07, 6.45) is 5.34. The summed E-state index contributed by atoms with van der Waals surface area (Å²) in [4.78, 5) is 12.3. The van der Waals surface area contributed by atoms with Crippen molar-refractivity contribution in [2.24, 2.45) is 0 Å². The van der Waals surface area contributed by atoms with Gasteiger partial charge in [0.2, 0.25) is 10.0 Å². The van der Waals surface area contributed by atoms with Crippen molar-refractivity contribution in [2.75, 3.05) is 10.6 Å². The van der Waals surface area contributed by atoms with Gasteiger partial charge in [0.1, 0.15) is 5.82 Å². The van der Waals surface area contributed by atoms with Gasteiger partial charge in [0.25, 0.3) is 5.91 Å². The molecule has 144 valence electrons. The molecule has 3 rings (SSSR count). The molecule has 1 N–H and O–H groups in total. The summed E-state index contributed by atoms with van der Waals surface area (Å²) in [6.45, 7) is -0.00963. The fraction of sp³-hybridized carbons (Fsp3) is 0.350. The quantitative estimate of drug-likeness (QED) is 0.821. The van der Waals surface area contributed by atoms with Crippen LogP contribution < -0.4 is 9.62 Å². The highest BCUT2D eigenvalue weighted by Crippen LogP contribution is 2.24. The van der Waals surface area contributed by atoms with E-state index in [0.29, 0.717) is 11.1 Å². The lowest BCUT2D eigenvalue weighted by Gasteiger charge is -2.23. The normalized spacial score (nSPS) is 14.9. The van der Waals surface area contributed by atoms with Gasteiger partial charge in [-0.2, -0.15) is 0 Å². The average molecular weight is 390 g/mol. The van der Waals surface area contributed by atoms with Crippen molar-refractivity contribution < 1.29 is 17.6 Å². The Morgan fingerprint density at radius 2 is 1.74 bits per heavy atom. The average Bonchev–Trinajstić information content (AvgIpc) is 3.13.